The molecule has 1 saturated heterocycles. The van der Waals surface area contributed by atoms with Gasteiger partial charge in [0.05, 0.1) is 7.11 Å². The van der Waals surface area contributed by atoms with E-state index in [0.717, 1.165) is 37.4 Å². The highest BCUT2D eigenvalue weighted by Crippen LogP contribution is 2.23. The molecule has 0 radical (unpaired) electrons. The molecule has 1 aliphatic rings. The summed E-state index contributed by atoms with van der Waals surface area (Å²) in [7, 11) is 1.60. The zero-order valence-electron chi connectivity index (χ0n) is 11.5. The number of nitrogens with zero attached hydrogens (tertiary/aromatic N) is 3. The molecule has 0 aromatic carbocycles. The molecule has 20 heavy (non-hydrogen) atoms. The van der Waals surface area contributed by atoms with E-state index in [4.69, 9.17) is 9.26 Å². The van der Waals surface area contributed by atoms with Gasteiger partial charge in [-0.05, 0) is 31.5 Å². The summed E-state index contributed by atoms with van der Waals surface area (Å²) >= 11 is 0. The number of rotatable bonds is 4. The minimum Gasteiger partial charge on any atom is -0.481 e. The Balaban J connectivity index is 1.66. The largest absolute Gasteiger partial charge is 0.481 e. The molecule has 0 atom stereocenters. The average molecular weight is 274 g/mol. The van der Waals surface area contributed by atoms with Crippen LogP contribution < -0.4 is 10.1 Å². The fraction of sp³-hybridized carbons (Fsp3) is 0.500. The summed E-state index contributed by atoms with van der Waals surface area (Å²) in [6.45, 7) is 2.04. The summed E-state index contributed by atoms with van der Waals surface area (Å²) in [5, 5.41) is 7.40. The first-order chi connectivity index (χ1) is 9.85. The van der Waals surface area contributed by atoms with Gasteiger partial charge in [0.25, 0.3) is 0 Å². The summed E-state index contributed by atoms with van der Waals surface area (Å²) in [6, 6.07) is 3.80. The second kappa shape index (κ2) is 6.00. The Kier molecular flexibility index (Phi) is 3.92. The fourth-order valence-electron chi connectivity index (χ4n) is 2.39. The number of nitrogens with one attached hydrogen (secondary N) is 1. The van der Waals surface area contributed by atoms with E-state index in [0.29, 0.717) is 24.0 Å². The summed E-state index contributed by atoms with van der Waals surface area (Å²) in [5.74, 6) is 2.48. The third kappa shape index (κ3) is 2.96. The van der Waals surface area contributed by atoms with Crippen molar-refractivity contribution in [1.82, 2.24) is 20.4 Å². The topological polar surface area (TPSA) is 73.1 Å². The molecule has 3 rings (SSSR count). The first-order valence-corrected chi connectivity index (χ1v) is 6.87. The lowest BCUT2D eigenvalue weighted by atomic mass is 9.98. The Morgan fingerprint density at radius 2 is 2.20 bits per heavy atom. The van der Waals surface area contributed by atoms with Crippen LogP contribution in [0.15, 0.2) is 22.9 Å². The number of ether oxygens (including phenoxy) is 1. The van der Waals surface area contributed by atoms with Crippen molar-refractivity contribution in [2.24, 2.45) is 0 Å². The predicted molar refractivity (Wildman–Crippen MR) is 72.7 cm³/mol. The first-order valence-electron chi connectivity index (χ1n) is 6.87. The molecule has 0 amide bonds. The normalized spacial score (nSPS) is 16.2. The van der Waals surface area contributed by atoms with Crippen molar-refractivity contribution in [3.05, 3.63) is 35.6 Å². The molecule has 2 aromatic heterocycles. The Morgan fingerprint density at radius 1 is 1.35 bits per heavy atom. The highest BCUT2D eigenvalue weighted by molar-refractivity contribution is 5.20. The molecule has 3 heterocycles. The second-order valence-electron chi connectivity index (χ2n) is 4.96. The lowest BCUT2D eigenvalue weighted by Crippen LogP contribution is -2.26. The molecule has 0 bridgehead atoms. The number of piperidine rings is 1. The van der Waals surface area contributed by atoms with E-state index < -0.39 is 0 Å². The predicted octanol–water partition coefficient (Wildman–Crippen LogP) is 1.53. The molecule has 1 aliphatic heterocycles. The molecular formula is C14H18N4O2. The maximum Gasteiger partial charge on any atom is 0.229 e. The van der Waals surface area contributed by atoms with Gasteiger partial charge in [0.15, 0.2) is 5.82 Å². The third-order valence-corrected chi connectivity index (χ3v) is 3.54. The van der Waals surface area contributed by atoms with Crippen LogP contribution in [-0.4, -0.2) is 35.3 Å². The molecule has 6 nitrogen and oxygen atoms in total. The minimum atomic E-state index is 0.395. The Hall–Kier alpha value is -1.95. The molecule has 1 fully saturated rings. The van der Waals surface area contributed by atoms with Gasteiger partial charge in [0.2, 0.25) is 11.8 Å². The van der Waals surface area contributed by atoms with Crippen molar-refractivity contribution in [3.63, 3.8) is 0 Å². The maximum atomic E-state index is 5.39. The van der Waals surface area contributed by atoms with Crippen LogP contribution in [0.25, 0.3) is 0 Å². The van der Waals surface area contributed by atoms with E-state index in [-0.39, 0.29) is 0 Å². The second-order valence-corrected chi connectivity index (χ2v) is 4.96. The van der Waals surface area contributed by atoms with Gasteiger partial charge in [0, 0.05) is 24.6 Å². The quantitative estimate of drug-likeness (QED) is 0.911. The molecule has 2 aromatic rings. The Morgan fingerprint density at radius 3 is 2.90 bits per heavy atom. The van der Waals surface area contributed by atoms with Crippen LogP contribution in [0.1, 0.15) is 36.0 Å². The highest BCUT2D eigenvalue weighted by atomic mass is 16.5. The number of hydrogen-bond acceptors (Lipinski definition) is 6. The van der Waals surface area contributed by atoms with Crippen LogP contribution in [-0.2, 0) is 6.42 Å². The number of pyridine rings is 1. The molecule has 0 aliphatic carbocycles. The summed E-state index contributed by atoms with van der Waals surface area (Å²) in [6.07, 6.45) is 4.53. The Bertz CT molecular complexity index is 547. The highest BCUT2D eigenvalue weighted by Gasteiger charge is 2.21. The molecule has 106 valence electrons. The molecule has 0 spiro atoms. The van der Waals surface area contributed by atoms with Gasteiger partial charge in [-0.25, -0.2) is 4.98 Å². The van der Waals surface area contributed by atoms with E-state index in [1.165, 1.54) is 0 Å². The monoisotopic (exact) mass is 274 g/mol. The summed E-state index contributed by atoms with van der Waals surface area (Å²) in [5.41, 5.74) is 1.04. The van der Waals surface area contributed by atoms with Gasteiger partial charge >= 0.3 is 0 Å². The lowest BCUT2D eigenvalue weighted by Gasteiger charge is -2.18. The van der Waals surface area contributed by atoms with E-state index in [1.807, 2.05) is 12.1 Å². The Labute approximate surface area is 117 Å². The van der Waals surface area contributed by atoms with Crippen LogP contribution in [0, 0.1) is 0 Å². The van der Waals surface area contributed by atoms with Gasteiger partial charge in [-0.1, -0.05) is 11.2 Å². The fourth-order valence-corrected chi connectivity index (χ4v) is 2.39. The van der Waals surface area contributed by atoms with E-state index >= 15 is 0 Å². The van der Waals surface area contributed by atoms with E-state index in [9.17, 15) is 0 Å². The zero-order chi connectivity index (χ0) is 13.8. The van der Waals surface area contributed by atoms with Crippen LogP contribution in [0.4, 0.5) is 0 Å². The van der Waals surface area contributed by atoms with Gasteiger partial charge in [-0.3, -0.25) is 0 Å². The smallest absolute Gasteiger partial charge is 0.229 e. The van der Waals surface area contributed by atoms with Crippen molar-refractivity contribution in [2.75, 3.05) is 20.2 Å². The molecule has 0 saturated carbocycles. The lowest BCUT2D eigenvalue weighted by molar-refractivity contribution is 0.318. The van der Waals surface area contributed by atoms with Crippen molar-refractivity contribution < 1.29 is 9.26 Å². The third-order valence-electron chi connectivity index (χ3n) is 3.54. The molecular weight excluding hydrogens is 256 g/mol. The van der Waals surface area contributed by atoms with Gasteiger partial charge < -0.3 is 14.6 Å². The van der Waals surface area contributed by atoms with Crippen molar-refractivity contribution in [1.29, 1.82) is 0 Å². The zero-order valence-corrected chi connectivity index (χ0v) is 11.5. The van der Waals surface area contributed by atoms with Gasteiger partial charge in [-0.2, -0.15) is 4.98 Å². The van der Waals surface area contributed by atoms with Gasteiger partial charge in [-0.15, -0.1) is 0 Å². The standard InChI is InChI=1S/C14H18N4O2/c1-19-13-3-2-10(9-16-13)8-12-17-14(20-18-12)11-4-6-15-7-5-11/h2-3,9,11,15H,4-8H2,1H3. The van der Waals surface area contributed by atoms with E-state index in [2.05, 4.69) is 20.4 Å². The van der Waals surface area contributed by atoms with Crippen LogP contribution in [0.3, 0.4) is 0 Å². The molecule has 1 N–H and O–H groups in total. The minimum absolute atomic E-state index is 0.395. The SMILES string of the molecule is COc1ccc(Cc2noc(C3CCNCC3)n2)cn1. The number of aromatic nitrogens is 3. The first kappa shape index (κ1) is 13.1. The number of hydrogen-bond donors (Lipinski definition) is 1. The average Bonchev–Trinajstić information content (AvgIpc) is 2.97. The van der Waals surface area contributed by atoms with E-state index in [1.54, 1.807) is 13.3 Å². The summed E-state index contributed by atoms with van der Waals surface area (Å²) in [4.78, 5) is 8.68. The van der Waals surface area contributed by atoms with Crippen LogP contribution >= 0.6 is 0 Å². The molecule has 6 heteroatoms. The van der Waals surface area contributed by atoms with Crippen LogP contribution in [0.5, 0.6) is 5.88 Å². The maximum absolute atomic E-state index is 5.39. The van der Waals surface area contributed by atoms with Crippen molar-refractivity contribution in [2.45, 2.75) is 25.2 Å². The summed E-state index contributed by atoms with van der Waals surface area (Å²) < 4.78 is 10.4. The number of methoxy groups -OCH3 is 1. The van der Waals surface area contributed by atoms with Crippen LogP contribution in [0.2, 0.25) is 0 Å². The van der Waals surface area contributed by atoms with Crippen molar-refractivity contribution >= 4 is 0 Å². The van der Waals surface area contributed by atoms with Gasteiger partial charge in [0.1, 0.15) is 0 Å². The van der Waals surface area contributed by atoms with Crippen molar-refractivity contribution in [3.8, 4) is 5.88 Å². The molecule has 0 unspecified atom stereocenters.